The summed E-state index contributed by atoms with van der Waals surface area (Å²) < 4.78 is 26.3. The monoisotopic (exact) mass is 481 g/mol. The Bertz CT molecular complexity index is 738. The van der Waals surface area contributed by atoms with Gasteiger partial charge in [-0.15, -0.1) is 0 Å². The molecule has 0 aromatic carbocycles. The molecule has 2 fully saturated rings. The molecule has 0 N–H and O–H groups in total. The van der Waals surface area contributed by atoms with Gasteiger partial charge in [0.1, 0.15) is 11.0 Å². The molecular weight excluding hydrogens is 438 g/mol. The van der Waals surface area contributed by atoms with E-state index in [1.165, 1.54) is 17.7 Å². The Balaban J connectivity index is 1.47. The third-order valence-electron chi connectivity index (χ3n) is 7.20. The fourth-order valence-corrected chi connectivity index (χ4v) is 6.40. The molecular formula is C25H43N3O4S. The number of allylic oxidation sites excluding steroid dienone is 3. The Hall–Kier alpha value is -1.38. The second kappa shape index (κ2) is 12.4. The number of hydrogen-bond donors (Lipinski definition) is 0. The summed E-state index contributed by atoms with van der Waals surface area (Å²) in [4.78, 5) is 16.2. The topological polar surface area (TPSA) is 62.3 Å². The number of piperidine rings is 1. The molecule has 2 unspecified atom stereocenters. The molecule has 0 aromatic heterocycles. The highest BCUT2D eigenvalue weighted by Gasteiger charge is 2.41. The van der Waals surface area contributed by atoms with Crippen molar-refractivity contribution in [2.45, 2.75) is 64.5 Å². The second-order valence-corrected chi connectivity index (χ2v) is 11.7. The quantitative estimate of drug-likeness (QED) is 0.467. The van der Waals surface area contributed by atoms with E-state index in [0.29, 0.717) is 25.6 Å². The van der Waals surface area contributed by atoms with Gasteiger partial charge in [-0.1, -0.05) is 26.3 Å². The summed E-state index contributed by atoms with van der Waals surface area (Å²) >= 11 is 0. The Labute approximate surface area is 202 Å². The van der Waals surface area contributed by atoms with Crippen LogP contribution in [-0.2, 0) is 20.5 Å². The van der Waals surface area contributed by atoms with Crippen LogP contribution >= 0.6 is 0 Å². The second-order valence-electron chi connectivity index (χ2n) is 9.71. The van der Waals surface area contributed by atoms with Gasteiger partial charge in [0.15, 0.2) is 0 Å². The van der Waals surface area contributed by atoms with Crippen molar-refractivity contribution in [1.29, 1.82) is 0 Å². The van der Waals surface area contributed by atoms with Crippen LogP contribution in [0.4, 0.5) is 4.79 Å². The predicted octanol–water partition coefficient (Wildman–Crippen LogP) is 3.95. The molecule has 2 heterocycles. The lowest BCUT2D eigenvalue weighted by molar-refractivity contribution is 0.0952. The number of unbranched alkanes of at least 4 members (excludes halogenated alkanes) is 1. The molecule has 0 spiro atoms. The van der Waals surface area contributed by atoms with Crippen molar-refractivity contribution in [3.05, 3.63) is 23.4 Å². The minimum atomic E-state index is -1.05. The van der Waals surface area contributed by atoms with Crippen LogP contribution in [0, 0.1) is 5.92 Å². The van der Waals surface area contributed by atoms with Gasteiger partial charge in [-0.25, -0.2) is 13.3 Å². The van der Waals surface area contributed by atoms with Crippen LogP contribution in [0.15, 0.2) is 23.4 Å². The molecule has 0 aromatic rings. The molecule has 2 aliphatic heterocycles. The van der Waals surface area contributed by atoms with Gasteiger partial charge in [0.05, 0.1) is 18.0 Å². The van der Waals surface area contributed by atoms with E-state index < -0.39 is 11.0 Å². The molecule has 1 amide bonds. The summed E-state index contributed by atoms with van der Waals surface area (Å²) in [6, 6.07) is 0. The van der Waals surface area contributed by atoms with Crippen LogP contribution in [0.3, 0.4) is 0 Å². The van der Waals surface area contributed by atoms with Crippen molar-refractivity contribution >= 4 is 17.1 Å². The number of hydrogen-bond acceptors (Lipinski definition) is 5. The van der Waals surface area contributed by atoms with Crippen LogP contribution in [-0.4, -0.2) is 88.2 Å². The summed E-state index contributed by atoms with van der Waals surface area (Å²) in [7, 11) is -1.05. The minimum Gasteiger partial charge on any atom is -0.450 e. The van der Waals surface area contributed by atoms with Crippen molar-refractivity contribution in [1.82, 2.24) is 14.1 Å². The average Bonchev–Trinajstić information content (AvgIpc) is 2.83. The van der Waals surface area contributed by atoms with Crippen molar-refractivity contribution in [2.24, 2.45) is 5.92 Å². The van der Waals surface area contributed by atoms with E-state index in [4.69, 9.17) is 9.47 Å². The molecule has 0 bridgehead atoms. The summed E-state index contributed by atoms with van der Waals surface area (Å²) in [5, 5.41) is 0. The molecule has 8 heteroatoms. The number of piperazine rings is 1. The lowest BCUT2D eigenvalue weighted by Crippen LogP contribution is -2.54. The van der Waals surface area contributed by atoms with Gasteiger partial charge in [-0.2, -0.15) is 0 Å². The number of rotatable bonds is 9. The molecule has 2 atom stereocenters. The number of likely N-dealkylation sites (tertiary alicyclic amines) is 1. The highest BCUT2D eigenvalue weighted by atomic mass is 32.2. The number of nitrogens with zero attached hydrogens (tertiary/aromatic N) is 3. The zero-order valence-corrected chi connectivity index (χ0v) is 21.8. The Morgan fingerprint density at radius 2 is 1.82 bits per heavy atom. The van der Waals surface area contributed by atoms with Gasteiger partial charge in [-0.3, -0.25) is 0 Å². The molecule has 0 radical (unpaired) electrons. The first-order valence-electron chi connectivity index (χ1n) is 12.7. The number of carbonyl (C=O) groups excluding carboxylic acids is 1. The first-order valence-corrected chi connectivity index (χ1v) is 13.8. The Morgan fingerprint density at radius 1 is 1.12 bits per heavy atom. The summed E-state index contributed by atoms with van der Waals surface area (Å²) in [6.07, 6.45) is 9.09. The number of ether oxygens (including phenoxy) is 2. The predicted molar refractivity (Wildman–Crippen MR) is 133 cm³/mol. The largest absolute Gasteiger partial charge is 0.450 e. The molecule has 2 saturated heterocycles. The molecule has 3 rings (SSSR count). The average molecular weight is 482 g/mol. The summed E-state index contributed by atoms with van der Waals surface area (Å²) in [6.45, 7) is 15.0. The van der Waals surface area contributed by atoms with Crippen molar-refractivity contribution in [3.63, 3.8) is 0 Å². The zero-order chi connectivity index (χ0) is 23.8. The smallest absolute Gasteiger partial charge is 0.409 e. The fraction of sp³-hybridized carbons (Fsp3) is 0.800. The Kier molecular flexibility index (Phi) is 9.82. The van der Waals surface area contributed by atoms with E-state index in [1.807, 2.05) is 6.92 Å². The van der Waals surface area contributed by atoms with Gasteiger partial charge in [0.2, 0.25) is 0 Å². The normalized spacial score (nSPS) is 24.8. The van der Waals surface area contributed by atoms with Crippen LogP contribution in [0.1, 0.15) is 59.8 Å². The van der Waals surface area contributed by atoms with E-state index in [1.54, 1.807) is 4.90 Å². The fourth-order valence-electron chi connectivity index (χ4n) is 4.75. The lowest BCUT2D eigenvalue weighted by atomic mass is 9.91. The summed E-state index contributed by atoms with van der Waals surface area (Å²) in [5.41, 5.74) is 2.77. The zero-order valence-electron chi connectivity index (χ0n) is 21.0. The lowest BCUT2D eigenvalue weighted by Gasteiger charge is -2.44. The molecule has 0 saturated carbocycles. The SMILES string of the molecule is CCCCOCC1=CC=C(N2CCN(S(=O)C3(C)CCN(C(=O)OCC)CC3)CC2)CC1C. The van der Waals surface area contributed by atoms with Crippen LogP contribution in [0.25, 0.3) is 0 Å². The van der Waals surface area contributed by atoms with Gasteiger partial charge in [0.25, 0.3) is 0 Å². The van der Waals surface area contributed by atoms with Gasteiger partial charge in [-0.05, 0) is 57.1 Å². The van der Waals surface area contributed by atoms with Crippen LogP contribution in [0.5, 0.6) is 0 Å². The maximum absolute atomic E-state index is 13.4. The minimum absolute atomic E-state index is 0.251. The number of amides is 1. The van der Waals surface area contributed by atoms with Gasteiger partial charge < -0.3 is 19.3 Å². The Morgan fingerprint density at radius 3 is 2.42 bits per heavy atom. The third kappa shape index (κ3) is 6.83. The van der Waals surface area contributed by atoms with Crippen molar-refractivity contribution in [3.8, 4) is 0 Å². The maximum atomic E-state index is 13.4. The molecule has 188 valence electrons. The first kappa shape index (κ1) is 26.2. The van der Waals surface area contributed by atoms with Crippen molar-refractivity contribution in [2.75, 3.05) is 59.1 Å². The van der Waals surface area contributed by atoms with E-state index in [-0.39, 0.29) is 10.8 Å². The van der Waals surface area contributed by atoms with Crippen molar-refractivity contribution < 1.29 is 18.5 Å². The van der Waals surface area contributed by atoms with Gasteiger partial charge >= 0.3 is 6.09 Å². The third-order valence-corrected chi connectivity index (χ3v) is 9.28. The summed E-state index contributed by atoms with van der Waals surface area (Å²) in [5.74, 6) is 0.502. The molecule has 7 nitrogen and oxygen atoms in total. The standard InChI is InChI=1S/C25H43N3O4S/c1-5-7-18-31-20-22-8-9-23(19-21(22)3)26-14-16-28(17-15-26)33(30)25(4)10-12-27(13-11-25)24(29)32-6-2/h8-9,21H,5-7,10-20H2,1-4H3. The molecule has 3 aliphatic rings. The van der Waals surface area contributed by atoms with Crippen LogP contribution in [0.2, 0.25) is 0 Å². The van der Waals surface area contributed by atoms with E-state index >= 15 is 0 Å². The maximum Gasteiger partial charge on any atom is 0.409 e. The molecule has 33 heavy (non-hydrogen) atoms. The number of carbonyl (C=O) groups is 1. The highest BCUT2D eigenvalue weighted by molar-refractivity contribution is 7.84. The highest BCUT2D eigenvalue weighted by Crippen LogP contribution is 2.32. The first-order chi connectivity index (χ1) is 15.9. The van der Waals surface area contributed by atoms with Crippen LogP contribution < -0.4 is 0 Å². The van der Waals surface area contributed by atoms with E-state index in [0.717, 1.165) is 65.1 Å². The van der Waals surface area contributed by atoms with Gasteiger partial charge in [0, 0.05) is 51.6 Å². The molecule has 1 aliphatic carbocycles. The van der Waals surface area contributed by atoms with E-state index in [2.05, 4.69) is 42.1 Å². The van der Waals surface area contributed by atoms with E-state index in [9.17, 15) is 9.00 Å².